The smallest absolute Gasteiger partial charge is 0.372 e. The molecule has 0 saturated carbocycles. The van der Waals surface area contributed by atoms with Crippen molar-refractivity contribution in [3.8, 4) is 0 Å². The van der Waals surface area contributed by atoms with Gasteiger partial charge in [-0.05, 0) is 15.9 Å². The molecule has 0 aromatic carbocycles. The summed E-state index contributed by atoms with van der Waals surface area (Å²) in [5.74, 6) is 0.635. The molecule has 4 nitrogen and oxygen atoms in total. The average molecular weight is 299 g/mol. The predicted molar refractivity (Wildman–Crippen MR) is 58.6 cm³/mol. The summed E-state index contributed by atoms with van der Waals surface area (Å²) < 4.78 is 37.0. The molecule has 0 spiro atoms. The molecule has 0 bridgehead atoms. The van der Waals surface area contributed by atoms with E-state index in [0.29, 0.717) is 10.3 Å². The minimum atomic E-state index is -4.26. The van der Waals surface area contributed by atoms with Crippen molar-refractivity contribution in [2.75, 3.05) is 30.9 Å². The molecule has 1 aromatic heterocycles. The van der Waals surface area contributed by atoms with E-state index in [1.807, 2.05) is 0 Å². The van der Waals surface area contributed by atoms with Gasteiger partial charge in [-0.1, -0.05) is 0 Å². The summed E-state index contributed by atoms with van der Waals surface area (Å²) in [6.07, 6.45) is -3.06. The van der Waals surface area contributed by atoms with Crippen molar-refractivity contribution in [3.05, 3.63) is 10.8 Å². The number of nitrogens with zero attached hydrogens (tertiary/aromatic N) is 3. The summed E-state index contributed by atoms with van der Waals surface area (Å²) in [6, 6.07) is 0. The topological polar surface area (TPSA) is 41.1 Å². The first kappa shape index (κ1) is 13.0. The van der Waals surface area contributed by atoms with Crippen LogP contribution in [0, 0.1) is 0 Å². The van der Waals surface area contributed by atoms with Gasteiger partial charge >= 0.3 is 6.18 Å². The molecule has 1 aromatic rings. The van der Waals surface area contributed by atoms with Gasteiger partial charge in [0.15, 0.2) is 0 Å². The Hall–Kier alpha value is -1.05. The first-order chi connectivity index (χ1) is 7.35. The predicted octanol–water partition coefficient (Wildman–Crippen LogP) is 2.28. The van der Waals surface area contributed by atoms with Crippen LogP contribution in [-0.4, -0.2) is 36.8 Å². The van der Waals surface area contributed by atoms with Gasteiger partial charge in [0, 0.05) is 14.1 Å². The van der Waals surface area contributed by atoms with Gasteiger partial charge in [-0.15, -0.1) is 0 Å². The minimum absolute atomic E-state index is 0.191. The lowest BCUT2D eigenvalue weighted by molar-refractivity contribution is -0.119. The largest absolute Gasteiger partial charge is 0.405 e. The fraction of sp³-hybridized carbons (Fsp3) is 0.500. The third-order valence-electron chi connectivity index (χ3n) is 1.79. The van der Waals surface area contributed by atoms with Crippen LogP contribution < -0.4 is 10.2 Å². The molecule has 0 unspecified atom stereocenters. The second kappa shape index (κ2) is 4.86. The molecule has 0 aliphatic rings. The lowest BCUT2D eigenvalue weighted by Gasteiger charge is -2.21. The van der Waals surface area contributed by atoms with E-state index in [0.717, 1.165) is 4.90 Å². The molecule has 8 heteroatoms. The van der Waals surface area contributed by atoms with Crippen LogP contribution in [0.5, 0.6) is 0 Å². The standard InChI is InChI=1S/C8H10BrF3N4/c1-13-6-5(9)7(15-4-14-6)16(2)3-8(10,11)12/h4H,3H2,1-2H3,(H,13,14,15). The van der Waals surface area contributed by atoms with Gasteiger partial charge in [0.1, 0.15) is 29.0 Å². The molecular formula is C8H10BrF3N4. The van der Waals surface area contributed by atoms with E-state index in [1.165, 1.54) is 13.4 Å². The highest BCUT2D eigenvalue weighted by atomic mass is 79.9. The van der Waals surface area contributed by atoms with E-state index >= 15 is 0 Å². The van der Waals surface area contributed by atoms with Gasteiger partial charge < -0.3 is 10.2 Å². The van der Waals surface area contributed by atoms with Crippen LogP contribution in [0.25, 0.3) is 0 Å². The fourth-order valence-electron chi connectivity index (χ4n) is 1.14. The van der Waals surface area contributed by atoms with Crippen LogP contribution in [0.2, 0.25) is 0 Å². The van der Waals surface area contributed by atoms with Crippen LogP contribution in [0.4, 0.5) is 24.8 Å². The van der Waals surface area contributed by atoms with Crippen molar-refractivity contribution < 1.29 is 13.2 Å². The summed E-state index contributed by atoms with van der Waals surface area (Å²) in [6.45, 7) is -1.06. The Bertz CT molecular complexity index is 369. The van der Waals surface area contributed by atoms with Crippen molar-refractivity contribution in [1.82, 2.24) is 9.97 Å². The molecule has 1 rings (SSSR count). The molecule has 0 amide bonds. The Morgan fingerprint density at radius 2 is 2.06 bits per heavy atom. The first-order valence-corrected chi connectivity index (χ1v) is 5.10. The van der Waals surface area contributed by atoms with E-state index in [-0.39, 0.29) is 5.82 Å². The van der Waals surface area contributed by atoms with Crippen molar-refractivity contribution in [2.45, 2.75) is 6.18 Å². The molecule has 1 heterocycles. The summed E-state index contributed by atoms with van der Waals surface area (Å²) in [7, 11) is 2.95. The molecule has 0 aliphatic heterocycles. The SMILES string of the molecule is CNc1ncnc(N(C)CC(F)(F)F)c1Br. The fourth-order valence-corrected chi connectivity index (χ4v) is 1.85. The third-order valence-corrected chi connectivity index (χ3v) is 2.52. The second-order valence-corrected chi connectivity index (χ2v) is 3.87. The Balaban J connectivity index is 2.95. The van der Waals surface area contributed by atoms with Crippen molar-refractivity contribution in [3.63, 3.8) is 0 Å². The van der Waals surface area contributed by atoms with Crippen LogP contribution in [0.1, 0.15) is 0 Å². The number of alkyl halides is 3. The molecular weight excluding hydrogens is 289 g/mol. The Labute approximate surface area is 99.0 Å². The van der Waals surface area contributed by atoms with E-state index in [4.69, 9.17) is 0 Å². The lowest BCUT2D eigenvalue weighted by Crippen LogP contribution is -2.31. The van der Waals surface area contributed by atoms with Crippen LogP contribution >= 0.6 is 15.9 Å². The molecule has 16 heavy (non-hydrogen) atoms. The normalized spacial score (nSPS) is 11.4. The summed E-state index contributed by atoms with van der Waals surface area (Å²) in [4.78, 5) is 8.66. The van der Waals surface area contributed by atoms with Crippen molar-refractivity contribution in [2.24, 2.45) is 0 Å². The van der Waals surface area contributed by atoms with Gasteiger partial charge in [-0.3, -0.25) is 0 Å². The zero-order valence-electron chi connectivity index (χ0n) is 8.64. The van der Waals surface area contributed by atoms with E-state index in [2.05, 4.69) is 31.2 Å². The molecule has 90 valence electrons. The first-order valence-electron chi connectivity index (χ1n) is 4.31. The number of hydrogen-bond donors (Lipinski definition) is 1. The summed E-state index contributed by atoms with van der Waals surface area (Å²) in [5, 5.41) is 2.75. The zero-order valence-corrected chi connectivity index (χ0v) is 10.2. The average Bonchev–Trinajstić information content (AvgIpc) is 2.15. The maximum Gasteiger partial charge on any atom is 0.405 e. The van der Waals surface area contributed by atoms with Crippen molar-refractivity contribution in [1.29, 1.82) is 0 Å². The third kappa shape index (κ3) is 3.22. The molecule has 0 radical (unpaired) electrons. The Kier molecular flexibility index (Phi) is 3.95. The van der Waals surface area contributed by atoms with Crippen LogP contribution in [0.3, 0.4) is 0 Å². The monoisotopic (exact) mass is 298 g/mol. The molecule has 0 aliphatic carbocycles. The molecule has 0 atom stereocenters. The van der Waals surface area contributed by atoms with Gasteiger partial charge in [-0.2, -0.15) is 13.2 Å². The van der Waals surface area contributed by atoms with Crippen molar-refractivity contribution >= 4 is 27.6 Å². The molecule has 1 N–H and O–H groups in total. The number of hydrogen-bond acceptors (Lipinski definition) is 4. The number of aromatic nitrogens is 2. The Morgan fingerprint density at radius 1 is 1.44 bits per heavy atom. The van der Waals surface area contributed by atoms with E-state index in [1.54, 1.807) is 7.05 Å². The maximum atomic E-state index is 12.2. The van der Waals surface area contributed by atoms with E-state index < -0.39 is 12.7 Å². The highest BCUT2D eigenvalue weighted by Gasteiger charge is 2.30. The van der Waals surface area contributed by atoms with E-state index in [9.17, 15) is 13.2 Å². The number of rotatable bonds is 3. The maximum absolute atomic E-state index is 12.2. The summed E-state index contributed by atoms with van der Waals surface area (Å²) in [5.41, 5.74) is 0. The van der Waals surface area contributed by atoms with Crippen LogP contribution in [0.15, 0.2) is 10.8 Å². The number of halogens is 4. The minimum Gasteiger partial charge on any atom is -0.372 e. The lowest BCUT2D eigenvalue weighted by atomic mass is 10.4. The highest BCUT2D eigenvalue weighted by Crippen LogP contribution is 2.30. The van der Waals surface area contributed by atoms with Gasteiger partial charge in [-0.25, -0.2) is 9.97 Å². The molecule has 0 fully saturated rings. The Morgan fingerprint density at radius 3 is 2.56 bits per heavy atom. The highest BCUT2D eigenvalue weighted by molar-refractivity contribution is 9.10. The summed E-state index contributed by atoms with van der Waals surface area (Å²) >= 11 is 3.15. The molecule has 0 saturated heterocycles. The second-order valence-electron chi connectivity index (χ2n) is 3.08. The number of nitrogens with one attached hydrogen (secondary N) is 1. The van der Waals surface area contributed by atoms with Gasteiger partial charge in [0.2, 0.25) is 0 Å². The zero-order chi connectivity index (χ0) is 12.3. The van der Waals surface area contributed by atoms with Gasteiger partial charge in [0.05, 0.1) is 0 Å². The van der Waals surface area contributed by atoms with Crippen LogP contribution in [-0.2, 0) is 0 Å². The van der Waals surface area contributed by atoms with Gasteiger partial charge in [0.25, 0.3) is 0 Å². The quantitative estimate of drug-likeness (QED) is 0.929. The number of anilines is 2.